The first-order valence-electron chi connectivity index (χ1n) is 17.6. The molecular weight excluding hydrogens is 628 g/mol. The number of hydrogen-bond acceptors (Lipinski definition) is 7. The van der Waals surface area contributed by atoms with Crippen molar-refractivity contribution in [1.29, 1.82) is 0 Å². The number of hydrogen-bond donors (Lipinski definition) is 4. The van der Waals surface area contributed by atoms with E-state index < -0.39 is 29.6 Å². The van der Waals surface area contributed by atoms with E-state index in [1.807, 2.05) is 64.4 Å². The van der Waals surface area contributed by atoms with Gasteiger partial charge in [0.25, 0.3) is 0 Å². The monoisotopic (exact) mass is 684 g/mol. The number of unbranched alkanes of at least 4 members (excludes halogenated alkanes) is 9. The van der Waals surface area contributed by atoms with Crippen LogP contribution in [0.25, 0.3) is 10.4 Å². The second kappa shape index (κ2) is 19.0. The van der Waals surface area contributed by atoms with Gasteiger partial charge in [0, 0.05) is 25.8 Å². The van der Waals surface area contributed by atoms with Crippen molar-refractivity contribution in [2.45, 2.75) is 142 Å². The molecule has 10 nitrogen and oxygen atoms in total. The second-order valence-corrected chi connectivity index (χ2v) is 15.2. The Bertz CT molecular complexity index is 1340. The fourth-order valence-electron chi connectivity index (χ4n) is 6.22. The molecule has 0 saturated carbocycles. The third-order valence-electron chi connectivity index (χ3n) is 9.10. The van der Waals surface area contributed by atoms with E-state index in [0.29, 0.717) is 6.42 Å². The minimum atomic E-state index is -0.833. The quantitative estimate of drug-likeness (QED) is 0.123. The normalized spacial score (nSPS) is 17.6. The first-order chi connectivity index (χ1) is 22.8. The van der Waals surface area contributed by atoms with Gasteiger partial charge in [-0.15, -0.1) is 11.3 Å². The van der Waals surface area contributed by atoms with Gasteiger partial charge in [0.2, 0.25) is 17.7 Å². The van der Waals surface area contributed by atoms with E-state index in [9.17, 15) is 24.3 Å². The summed E-state index contributed by atoms with van der Waals surface area (Å²) in [6, 6.07) is 6.02. The van der Waals surface area contributed by atoms with Gasteiger partial charge in [-0.05, 0) is 43.2 Å². The van der Waals surface area contributed by atoms with Crippen LogP contribution in [0, 0.1) is 12.3 Å². The molecule has 1 aromatic carbocycles. The molecule has 1 saturated heterocycles. The molecule has 0 spiro atoms. The maximum Gasteiger partial charge on any atom is 0.303 e. The zero-order chi connectivity index (χ0) is 35.3. The van der Waals surface area contributed by atoms with E-state index in [1.165, 1.54) is 4.90 Å². The number of carbonyl (C=O) groups is 4. The number of β-amino-alcohol motifs (C(OH)–C–C–N with tert-alkyl or cyclic N) is 1. The van der Waals surface area contributed by atoms with Gasteiger partial charge >= 0.3 is 5.97 Å². The molecule has 2 heterocycles. The summed E-state index contributed by atoms with van der Waals surface area (Å²) in [5, 5.41) is 25.2. The number of carboxylic acid groups (broad SMARTS) is 1. The highest BCUT2D eigenvalue weighted by atomic mass is 32.1. The van der Waals surface area contributed by atoms with Crippen molar-refractivity contribution in [3.05, 3.63) is 41.0 Å². The van der Waals surface area contributed by atoms with Crippen molar-refractivity contribution < 1.29 is 29.4 Å². The fraction of sp³-hybridized carbons (Fsp3) is 0.649. The molecule has 266 valence electrons. The Labute approximate surface area is 290 Å². The molecule has 1 aromatic heterocycles. The number of benzene rings is 1. The molecule has 3 rings (SSSR count). The Morgan fingerprint density at radius 1 is 0.917 bits per heavy atom. The number of likely N-dealkylation sites (tertiary alicyclic amines) is 1. The molecule has 4 atom stereocenters. The summed E-state index contributed by atoms with van der Waals surface area (Å²) < 4.78 is 0. The first kappa shape index (κ1) is 39.1. The van der Waals surface area contributed by atoms with E-state index in [-0.39, 0.29) is 43.1 Å². The number of rotatable bonds is 19. The summed E-state index contributed by atoms with van der Waals surface area (Å²) in [6.45, 7) is 9.59. The lowest BCUT2D eigenvalue weighted by atomic mass is 9.85. The van der Waals surface area contributed by atoms with Crippen molar-refractivity contribution in [2.75, 3.05) is 6.54 Å². The molecule has 0 bridgehead atoms. The van der Waals surface area contributed by atoms with Crippen LogP contribution in [-0.2, 0) is 19.2 Å². The molecular formula is C37H56N4O6S. The van der Waals surface area contributed by atoms with Gasteiger partial charge in [-0.1, -0.05) is 96.4 Å². The summed E-state index contributed by atoms with van der Waals surface area (Å²) in [5.41, 5.74) is 4.20. The van der Waals surface area contributed by atoms with Crippen LogP contribution in [0.1, 0.15) is 128 Å². The number of aliphatic hydroxyl groups is 1. The van der Waals surface area contributed by atoms with Crippen molar-refractivity contribution >= 4 is 35.0 Å². The molecule has 1 aliphatic heterocycles. The Morgan fingerprint density at radius 2 is 1.48 bits per heavy atom. The number of nitrogens with zero attached hydrogens (tertiary/aromatic N) is 2. The third-order valence-corrected chi connectivity index (χ3v) is 10.1. The van der Waals surface area contributed by atoms with Crippen molar-refractivity contribution in [1.82, 2.24) is 20.5 Å². The smallest absolute Gasteiger partial charge is 0.303 e. The second-order valence-electron chi connectivity index (χ2n) is 14.3. The lowest BCUT2D eigenvalue weighted by molar-refractivity contribution is -0.144. The number of nitrogens with one attached hydrogen (secondary N) is 2. The average Bonchev–Trinajstić information content (AvgIpc) is 3.64. The summed E-state index contributed by atoms with van der Waals surface area (Å²) in [4.78, 5) is 57.8. The van der Waals surface area contributed by atoms with Gasteiger partial charge in [0.1, 0.15) is 12.1 Å². The van der Waals surface area contributed by atoms with Crippen LogP contribution in [0.15, 0.2) is 29.8 Å². The minimum Gasteiger partial charge on any atom is -0.481 e. The topological polar surface area (TPSA) is 149 Å². The van der Waals surface area contributed by atoms with Gasteiger partial charge in [0.05, 0.1) is 28.2 Å². The summed E-state index contributed by atoms with van der Waals surface area (Å²) in [5.74, 6) is -1.59. The Hall–Kier alpha value is -3.31. The lowest BCUT2D eigenvalue weighted by Crippen LogP contribution is -2.57. The largest absolute Gasteiger partial charge is 0.481 e. The van der Waals surface area contributed by atoms with Gasteiger partial charge in [-0.25, -0.2) is 4.98 Å². The molecule has 0 aliphatic carbocycles. The van der Waals surface area contributed by atoms with Gasteiger partial charge < -0.3 is 25.7 Å². The average molecular weight is 685 g/mol. The summed E-state index contributed by atoms with van der Waals surface area (Å²) in [7, 11) is 0. The first-order valence-corrected chi connectivity index (χ1v) is 18.5. The maximum absolute atomic E-state index is 13.9. The highest BCUT2D eigenvalue weighted by Crippen LogP contribution is 2.29. The zero-order valence-corrected chi connectivity index (χ0v) is 30.2. The molecule has 1 aliphatic rings. The molecule has 1 fully saturated rings. The predicted molar refractivity (Wildman–Crippen MR) is 189 cm³/mol. The molecule has 0 unspecified atom stereocenters. The lowest BCUT2D eigenvalue weighted by Gasteiger charge is -2.35. The van der Waals surface area contributed by atoms with Crippen LogP contribution in [0.4, 0.5) is 0 Å². The fourth-order valence-corrected chi connectivity index (χ4v) is 7.04. The number of aliphatic carboxylic acids is 1. The van der Waals surface area contributed by atoms with Crippen LogP contribution >= 0.6 is 11.3 Å². The van der Waals surface area contributed by atoms with Crippen molar-refractivity contribution in [3.63, 3.8) is 0 Å². The number of thiazole rings is 1. The van der Waals surface area contributed by atoms with Gasteiger partial charge in [0.15, 0.2) is 0 Å². The number of amides is 3. The molecule has 0 radical (unpaired) electrons. The van der Waals surface area contributed by atoms with Crippen molar-refractivity contribution in [2.24, 2.45) is 5.41 Å². The van der Waals surface area contributed by atoms with Gasteiger partial charge in [-0.3, -0.25) is 19.2 Å². The zero-order valence-electron chi connectivity index (χ0n) is 29.4. The minimum absolute atomic E-state index is 0.0407. The summed E-state index contributed by atoms with van der Waals surface area (Å²) >= 11 is 1.59. The SMILES string of the molecule is Cc1ncsc1-c1ccc([C@H](C)NC(=O)[C@@H]2C[C@@H](O)CN2C(=O)[C@@H](NC(=O)CCCCCCCCCCCCC(=O)O)C(C)(C)C)cc1. The van der Waals surface area contributed by atoms with E-state index in [1.54, 1.807) is 11.3 Å². The van der Waals surface area contributed by atoms with E-state index in [4.69, 9.17) is 5.11 Å². The molecule has 48 heavy (non-hydrogen) atoms. The van der Waals surface area contributed by atoms with Gasteiger partial charge in [-0.2, -0.15) is 0 Å². The number of carbonyl (C=O) groups excluding carboxylic acids is 3. The van der Waals surface area contributed by atoms with Crippen LogP contribution in [0.5, 0.6) is 0 Å². The Balaban J connectivity index is 1.46. The number of carboxylic acids is 1. The Kier molecular flexibility index (Phi) is 15.5. The molecule has 4 N–H and O–H groups in total. The predicted octanol–water partition coefficient (Wildman–Crippen LogP) is 6.55. The van der Waals surface area contributed by atoms with Crippen LogP contribution in [-0.4, -0.2) is 68.5 Å². The highest BCUT2D eigenvalue weighted by Gasteiger charge is 2.44. The van der Waals surface area contributed by atoms with E-state index >= 15 is 0 Å². The number of aliphatic hydroxyl groups excluding tert-OH is 1. The van der Waals surface area contributed by atoms with Crippen molar-refractivity contribution in [3.8, 4) is 10.4 Å². The molecule has 2 aromatic rings. The third kappa shape index (κ3) is 12.3. The molecule has 3 amide bonds. The number of aryl methyl sites for hydroxylation is 1. The summed E-state index contributed by atoms with van der Waals surface area (Å²) in [6.07, 6.45) is 9.93. The molecule has 11 heteroatoms. The van der Waals surface area contributed by atoms with E-state index in [0.717, 1.165) is 85.9 Å². The van der Waals surface area contributed by atoms with Crippen LogP contribution in [0.2, 0.25) is 0 Å². The highest BCUT2D eigenvalue weighted by molar-refractivity contribution is 7.13. The number of aromatic nitrogens is 1. The maximum atomic E-state index is 13.9. The van der Waals surface area contributed by atoms with Crippen LogP contribution < -0.4 is 10.6 Å². The van der Waals surface area contributed by atoms with E-state index in [2.05, 4.69) is 15.6 Å². The Morgan fingerprint density at radius 3 is 2.00 bits per heavy atom. The standard InChI is InChI=1S/C37H56N4O6S/c1-25(27-18-20-28(21-19-27)33-26(2)38-24-48-33)39-35(46)30-22-29(42)23-41(30)36(47)34(37(3,4)5)40-31(43)16-14-12-10-8-6-7-9-11-13-15-17-32(44)45/h18-21,24-25,29-30,34,42H,6-17,22-23H2,1-5H3,(H,39,46)(H,40,43)(H,44,45)/t25-,29+,30-,34+/m0/s1. The van der Waals surface area contributed by atoms with Crippen LogP contribution in [0.3, 0.4) is 0 Å².